The monoisotopic (exact) mass is 193 g/mol. The summed E-state index contributed by atoms with van der Waals surface area (Å²) in [6.07, 6.45) is 2.19. The van der Waals surface area contributed by atoms with E-state index < -0.39 is 0 Å². The Morgan fingerprint density at radius 2 is 1.71 bits per heavy atom. The van der Waals surface area contributed by atoms with Gasteiger partial charge in [-0.15, -0.1) is 0 Å². The lowest BCUT2D eigenvalue weighted by Crippen LogP contribution is -2.03. The Labute approximate surface area is 88.4 Å². The van der Waals surface area contributed by atoms with E-state index in [0.717, 1.165) is 28.8 Å². The van der Waals surface area contributed by atoms with E-state index in [1.54, 1.807) is 0 Å². The molecule has 0 aliphatic carbocycles. The zero-order valence-corrected chi connectivity index (χ0v) is 9.98. The topological polar surface area (TPSA) is 26.0 Å². The van der Waals surface area contributed by atoms with Crippen LogP contribution in [0.2, 0.25) is 0 Å². The summed E-state index contributed by atoms with van der Waals surface area (Å²) in [5, 5.41) is 0. The summed E-state index contributed by atoms with van der Waals surface area (Å²) in [4.78, 5) is 0. The molecule has 0 aromatic rings. The van der Waals surface area contributed by atoms with Crippen LogP contribution in [-0.4, -0.2) is 0 Å². The quantitative estimate of drug-likeness (QED) is 0.660. The summed E-state index contributed by atoms with van der Waals surface area (Å²) in [5.74, 6) is 0.714. The van der Waals surface area contributed by atoms with Gasteiger partial charge in [-0.2, -0.15) is 0 Å². The molecular weight excluding hydrogens is 170 g/mol. The van der Waals surface area contributed by atoms with Crippen molar-refractivity contribution >= 4 is 0 Å². The minimum atomic E-state index is 0.714. The average molecular weight is 193 g/mol. The third kappa shape index (κ3) is 4.31. The van der Waals surface area contributed by atoms with Crippen LogP contribution in [0, 0.1) is 5.92 Å². The first-order chi connectivity index (χ1) is 6.36. The van der Waals surface area contributed by atoms with Crippen molar-refractivity contribution in [2.24, 2.45) is 11.7 Å². The van der Waals surface area contributed by atoms with Crippen LogP contribution in [0.15, 0.2) is 35.6 Å². The molecule has 0 saturated heterocycles. The van der Waals surface area contributed by atoms with Gasteiger partial charge in [-0.1, -0.05) is 32.6 Å². The third-order valence-corrected chi connectivity index (χ3v) is 2.42. The number of allylic oxidation sites excluding steroid dienone is 3. The zero-order chi connectivity index (χ0) is 11.3. The van der Waals surface area contributed by atoms with Crippen LogP contribution in [0.1, 0.15) is 40.5 Å². The van der Waals surface area contributed by atoms with Crippen LogP contribution in [0.3, 0.4) is 0 Å². The Kier molecular flexibility index (Phi) is 5.29. The van der Waals surface area contributed by atoms with E-state index in [1.807, 2.05) is 13.8 Å². The van der Waals surface area contributed by atoms with Crippen LogP contribution in [-0.2, 0) is 0 Å². The summed E-state index contributed by atoms with van der Waals surface area (Å²) >= 11 is 0. The van der Waals surface area contributed by atoms with E-state index in [9.17, 15) is 0 Å². The molecule has 14 heavy (non-hydrogen) atoms. The van der Waals surface area contributed by atoms with Gasteiger partial charge in [-0.05, 0) is 43.8 Å². The van der Waals surface area contributed by atoms with E-state index >= 15 is 0 Å². The summed E-state index contributed by atoms with van der Waals surface area (Å²) in [6.45, 7) is 16.3. The van der Waals surface area contributed by atoms with Crippen LogP contribution in [0.4, 0.5) is 0 Å². The predicted octanol–water partition coefficient (Wildman–Crippen LogP) is 3.79. The van der Waals surface area contributed by atoms with Gasteiger partial charge in [0.05, 0.1) is 0 Å². The van der Waals surface area contributed by atoms with Gasteiger partial charge in [0.25, 0.3) is 0 Å². The van der Waals surface area contributed by atoms with Gasteiger partial charge < -0.3 is 5.73 Å². The molecule has 80 valence electrons. The van der Waals surface area contributed by atoms with Crippen molar-refractivity contribution in [3.05, 3.63) is 35.6 Å². The molecule has 0 spiro atoms. The van der Waals surface area contributed by atoms with E-state index in [0.29, 0.717) is 5.92 Å². The summed E-state index contributed by atoms with van der Waals surface area (Å²) < 4.78 is 0. The molecule has 0 bridgehead atoms. The van der Waals surface area contributed by atoms with Crippen molar-refractivity contribution in [3.63, 3.8) is 0 Å². The fraction of sp³-hybridized carbons (Fsp3) is 0.538. The molecular formula is C13H23N. The molecule has 0 rings (SSSR count). The molecule has 0 atom stereocenters. The fourth-order valence-corrected chi connectivity index (χ4v) is 1.16. The van der Waals surface area contributed by atoms with Gasteiger partial charge in [-0.25, -0.2) is 0 Å². The van der Waals surface area contributed by atoms with Gasteiger partial charge >= 0.3 is 0 Å². The van der Waals surface area contributed by atoms with Crippen LogP contribution in [0.5, 0.6) is 0 Å². The van der Waals surface area contributed by atoms with Gasteiger partial charge in [0.15, 0.2) is 0 Å². The average Bonchev–Trinajstić information content (AvgIpc) is 2.11. The Bertz CT molecular complexity index is 256. The second-order valence-corrected chi connectivity index (χ2v) is 4.36. The van der Waals surface area contributed by atoms with Gasteiger partial charge in [0, 0.05) is 5.70 Å². The van der Waals surface area contributed by atoms with Gasteiger partial charge in [0.1, 0.15) is 0 Å². The molecule has 0 aliphatic heterocycles. The zero-order valence-electron chi connectivity index (χ0n) is 9.98. The van der Waals surface area contributed by atoms with Gasteiger partial charge in [-0.3, -0.25) is 0 Å². The highest BCUT2D eigenvalue weighted by atomic mass is 14.6. The van der Waals surface area contributed by atoms with E-state index in [-0.39, 0.29) is 0 Å². The van der Waals surface area contributed by atoms with Crippen molar-refractivity contribution in [2.75, 3.05) is 0 Å². The molecule has 0 aromatic heterocycles. The Morgan fingerprint density at radius 3 is 2.07 bits per heavy atom. The molecule has 0 fully saturated rings. The fourth-order valence-electron chi connectivity index (χ4n) is 1.16. The standard InChI is InChI=1S/C13H23N/c1-9(2)7-8-11(5)12(6)13(14)10(3)4/h9H,3,5,7-8,14H2,1-2,4,6H3/b13-12+. The highest BCUT2D eigenvalue weighted by molar-refractivity contribution is 5.38. The third-order valence-electron chi connectivity index (χ3n) is 2.42. The molecule has 0 amide bonds. The second kappa shape index (κ2) is 5.69. The molecule has 0 heterocycles. The summed E-state index contributed by atoms with van der Waals surface area (Å²) in [5.41, 5.74) is 9.83. The molecule has 2 N–H and O–H groups in total. The Balaban J connectivity index is 4.39. The maximum Gasteiger partial charge on any atom is 0.0370 e. The van der Waals surface area contributed by atoms with E-state index in [1.165, 1.54) is 6.42 Å². The first kappa shape index (κ1) is 13.0. The highest BCUT2D eigenvalue weighted by Crippen LogP contribution is 2.20. The van der Waals surface area contributed by atoms with Crippen LogP contribution in [0.25, 0.3) is 0 Å². The number of nitrogens with two attached hydrogens (primary N) is 1. The smallest absolute Gasteiger partial charge is 0.0370 e. The lowest BCUT2D eigenvalue weighted by atomic mass is 9.97. The lowest BCUT2D eigenvalue weighted by molar-refractivity contribution is 0.586. The van der Waals surface area contributed by atoms with Crippen molar-refractivity contribution in [2.45, 2.75) is 40.5 Å². The minimum absolute atomic E-state index is 0.714. The summed E-state index contributed by atoms with van der Waals surface area (Å²) in [7, 11) is 0. The maximum absolute atomic E-state index is 5.89. The number of hydrogen-bond donors (Lipinski definition) is 1. The normalized spacial score (nSPS) is 12.6. The first-order valence-electron chi connectivity index (χ1n) is 5.16. The molecule has 0 unspecified atom stereocenters. The maximum atomic E-state index is 5.89. The SMILES string of the molecule is C=C(CCC(C)C)/C(C)=C(/N)C(=C)C. The van der Waals surface area contributed by atoms with Crippen molar-refractivity contribution in [3.8, 4) is 0 Å². The summed E-state index contributed by atoms with van der Waals surface area (Å²) in [6, 6.07) is 0. The van der Waals surface area contributed by atoms with Crippen LogP contribution < -0.4 is 5.73 Å². The molecule has 1 heteroatoms. The van der Waals surface area contributed by atoms with Crippen molar-refractivity contribution < 1.29 is 0 Å². The van der Waals surface area contributed by atoms with Crippen LogP contribution >= 0.6 is 0 Å². The minimum Gasteiger partial charge on any atom is -0.398 e. The first-order valence-corrected chi connectivity index (χ1v) is 5.16. The largest absolute Gasteiger partial charge is 0.398 e. The van der Waals surface area contributed by atoms with E-state index in [4.69, 9.17) is 5.73 Å². The molecule has 0 saturated carbocycles. The number of rotatable bonds is 5. The Hall–Kier alpha value is -0.980. The molecule has 0 aromatic carbocycles. The Morgan fingerprint density at radius 1 is 1.21 bits per heavy atom. The number of hydrogen-bond acceptors (Lipinski definition) is 1. The van der Waals surface area contributed by atoms with Crippen molar-refractivity contribution in [1.29, 1.82) is 0 Å². The lowest BCUT2D eigenvalue weighted by Gasteiger charge is -2.11. The van der Waals surface area contributed by atoms with Gasteiger partial charge in [0.2, 0.25) is 0 Å². The molecule has 0 aliphatic rings. The second-order valence-electron chi connectivity index (χ2n) is 4.36. The predicted molar refractivity (Wildman–Crippen MR) is 64.9 cm³/mol. The molecule has 1 nitrogen and oxygen atoms in total. The van der Waals surface area contributed by atoms with E-state index in [2.05, 4.69) is 27.0 Å². The van der Waals surface area contributed by atoms with Crippen molar-refractivity contribution in [1.82, 2.24) is 0 Å². The highest BCUT2D eigenvalue weighted by Gasteiger charge is 2.04. The molecule has 0 radical (unpaired) electrons.